The Labute approximate surface area is 116 Å². The van der Waals surface area contributed by atoms with Gasteiger partial charge >= 0.3 is 12.1 Å². The molecule has 1 N–H and O–H groups in total. The summed E-state index contributed by atoms with van der Waals surface area (Å²) in [6, 6.07) is -1.10. The number of nitrogens with zero attached hydrogens (tertiary/aromatic N) is 3. The molecule has 0 amide bonds. The van der Waals surface area contributed by atoms with Crippen LogP contribution >= 0.6 is 0 Å². The topological polar surface area (TPSA) is 124 Å². The molecule has 0 radical (unpaired) electrons. The molecule has 10 heteroatoms. The van der Waals surface area contributed by atoms with Crippen LogP contribution in [0.4, 0.5) is 4.79 Å². The first-order valence-corrected chi connectivity index (χ1v) is 5.82. The highest BCUT2D eigenvalue weighted by molar-refractivity contribution is 5.72. The molecular weight excluding hydrogens is 274 g/mol. The molecule has 2 atom stereocenters. The van der Waals surface area contributed by atoms with Crippen molar-refractivity contribution in [3.05, 3.63) is 5.21 Å². The molecule has 116 valence electrons. The Bertz CT molecular complexity index is 372. The molecule has 0 aromatic rings. The maximum absolute atomic E-state index is 11.4. The van der Waals surface area contributed by atoms with Crippen LogP contribution < -0.4 is 0 Å². The third-order valence-electron chi connectivity index (χ3n) is 2.05. The van der Waals surface area contributed by atoms with Gasteiger partial charge in [0.25, 0.3) is 6.29 Å². The first-order chi connectivity index (χ1) is 9.15. The molecule has 0 aromatic heterocycles. The fraction of sp³-hybridized carbons (Fsp3) is 0.800. The Morgan fingerprint density at radius 3 is 2.25 bits per heavy atom. The molecule has 0 aliphatic heterocycles. The number of carbonyl (C=O) groups excluding carboxylic acids is 1. The van der Waals surface area contributed by atoms with E-state index < -0.39 is 24.5 Å². The molecule has 0 bridgehead atoms. The van der Waals surface area contributed by atoms with Crippen molar-refractivity contribution in [3.63, 3.8) is 0 Å². The minimum Gasteiger partial charge on any atom is -0.569 e. The lowest BCUT2D eigenvalue weighted by Gasteiger charge is -2.17. The Morgan fingerprint density at radius 2 is 1.80 bits per heavy atom. The van der Waals surface area contributed by atoms with Crippen LogP contribution in [-0.2, 0) is 19.1 Å². The highest BCUT2D eigenvalue weighted by atomic mass is 16.8. The van der Waals surface area contributed by atoms with Crippen LogP contribution in [-0.4, -0.2) is 52.7 Å². The fourth-order valence-electron chi connectivity index (χ4n) is 0.850. The summed E-state index contributed by atoms with van der Waals surface area (Å²) in [5, 5.41) is 23.9. The number of hydrogen-bond donors (Lipinski definition) is 1. The summed E-state index contributed by atoms with van der Waals surface area (Å²) >= 11 is 0. The number of ether oxygens (including phenoxy) is 2. The van der Waals surface area contributed by atoms with Crippen LogP contribution in [0.5, 0.6) is 0 Å². The number of carbonyl (C=O) groups is 2. The highest BCUT2D eigenvalue weighted by Gasteiger charge is 2.24. The van der Waals surface area contributed by atoms with Crippen LogP contribution in [0.1, 0.15) is 27.7 Å². The Balaban J connectivity index is 4.33. The monoisotopic (exact) mass is 293 g/mol. The second-order valence-corrected chi connectivity index (χ2v) is 4.13. The summed E-state index contributed by atoms with van der Waals surface area (Å²) in [5.41, 5.74) is 0. The third-order valence-corrected chi connectivity index (χ3v) is 2.05. The second-order valence-electron chi connectivity index (χ2n) is 4.13. The Kier molecular flexibility index (Phi) is 7.11. The number of likely N-dealkylation sites (N-methyl/N-ethyl adjacent to an activating group) is 1. The van der Waals surface area contributed by atoms with Crippen LogP contribution in [0, 0.1) is 5.21 Å². The van der Waals surface area contributed by atoms with Crippen molar-refractivity contribution in [2.45, 2.75) is 46.1 Å². The van der Waals surface area contributed by atoms with Crippen molar-refractivity contribution in [1.29, 1.82) is 0 Å². The fourth-order valence-corrected chi connectivity index (χ4v) is 0.850. The quantitative estimate of drug-likeness (QED) is 0.243. The molecule has 1 unspecified atom stereocenters. The minimum atomic E-state index is -1.20. The van der Waals surface area contributed by atoms with Gasteiger partial charge in [0.15, 0.2) is 6.04 Å². The van der Waals surface area contributed by atoms with E-state index in [4.69, 9.17) is 5.11 Å². The summed E-state index contributed by atoms with van der Waals surface area (Å²) in [4.78, 5) is 26.3. The smallest absolute Gasteiger partial charge is 0.511 e. The lowest BCUT2D eigenvalue weighted by Crippen LogP contribution is -2.40. The standard InChI is InChI=1S/C10H19N3O7/c1-6(2)18-10(16)19-8(4)20-11-13(17)12(5)7(3)9(14)15/h6-8H,1-5H3,(H,14,15)/t7-,8?/m0/s1. The molecule has 0 spiro atoms. The van der Waals surface area contributed by atoms with E-state index >= 15 is 0 Å². The SMILES string of the molecule is CC(C)OC(=O)OC(C)ON=[N+]([O-])N(C)[C@@H](C)C(=O)O. The number of hydrogen-bond acceptors (Lipinski definition) is 7. The normalized spacial score (nSPS) is 14.4. The van der Waals surface area contributed by atoms with Gasteiger partial charge < -0.3 is 19.8 Å². The maximum Gasteiger partial charge on any atom is 0.511 e. The molecule has 0 aliphatic rings. The van der Waals surface area contributed by atoms with Gasteiger partial charge in [-0.3, -0.25) is 4.84 Å². The molecule has 0 aromatic carbocycles. The van der Waals surface area contributed by atoms with Crippen LogP contribution in [0.2, 0.25) is 0 Å². The highest BCUT2D eigenvalue weighted by Crippen LogP contribution is 2.02. The predicted octanol–water partition coefficient (Wildman–Crippen LogP) is 1.11. The van der Waals surface area contributed by atoms with Crippen LogP contribution in [0.3, 0.4) is 0 Å². The molecule has 20 heavy (non-hydrogen) atoms. The van der Waals surface area contributed by atoms with E-state index in [0.717, 1.165) is 5.01 Å². The van der Waals surface area contributed by atoms with Gasteiger partial charge in [0.2, 0.25) is 5.28 Å². The van der Waals surface area contributed by atoms with E-state index in [0.29, 0.717) is 0 Å². The third kappa shape index (κ3) is 6.61. The maximum atomic E-state index is 11.4. The first kappa shape index (κ1) is 17.7. The summed E-state index contributed by atoms with van der Waals surface area (Å²) < 4.78 is 9.30. The van der Waals surface area contributed by atoms with Crippen LogP contribution in [0.25, 0.3) is 0 Å². The van der Waals surface area contributed by atoms with Crippen molar-refractivity contribution in [3.8, 4) is 0 Å². The van der Waals surface area contributed by atoms with Crippen molar-refractivity contribution >= 4 is 12.1 Å². The Morgan fingerprint density at radius 1 is 1.25 bits per heavy atom. The van der Waals surface area contributed by atoms with Crippen molar-refractivity contribution in [1.82, 2.24) is 5.01 Å². The molecule has 0 aliphatic carbocycles. The van der Waals surface area contributed by atoms with Gasteiger partial charge in [-0.1, -0.05) is 0 Å². The van der Waals surface area contributed by atoms with E-state index in [1.807, 2.05) is 0 Å². The van der Waals surface area contributed by atoms with Gasteiger partial charge in [0, 0.05) is 6.92 Å². The summed E-state index contributed by atoms with van der Waals surface area (Å²) in [6.45, 7) is 5.89. The number of hydrazine groups is 1. The largest absolute Gasteiger partial charge is 0.569 e. The molecule has 0 saturated heterocycles. The lowest BCUT2D eigenvalue weighted by atomic mass is 10.3. The zero-order chi connectivity index (χ0) is 15.9. The molecule has 0 heterocycles. The van der Waals surface area contributed by atoms with E-state index in [-0.39, 0.29) is 11.1 Å². The van der Waals surface area contributed by atoms with Gasteiger partial charge in [0.1, 0.15) is 0 Å². The summed E-state index contributed by atoms with van der Waals surface area (Å²) in [6.07, 6.45) is -2.48. The van der Waals surface area contributed by atoms with Gasteiger partial charge in [-0.25, -0.2) is 9.59 Å². The number of aliphatic carboxylic acids is 1. The molecule has 0 fully saturated rings. The lowest BCUT2D eigenvalue weighted by molar-refractivity contribution is -0.711. The predicted molar refractivity (Wildman–Crippen MR) is 64.2 cm³/mol. The summed E-state index contributed by atoms with van der Waals surface area (Å²) in [5.74, 6) is -1.20. The van der Waals surface area contributed by atoms with Gasteiger partial charge in [-0.05, 0) is 20.8 Å². The van der Waals surface area contributed by atoms with Gasteiger partial charge in [-0.15, -0.1) is 5.01 Å². The number of carboxylic acids is 1. The minimum absolute atomic E-state index is 0.0631. The van der Waals surface area contributed by atoms with Gasteiger partial charge in [0.05, 0.1) is 18.1 Å². The zero-order valence-corrected chi connectivity index (χ0v) is 12.0. The number of carboxylic acid groups (broad SMARTS) is 1. The van der Waals surface area contributed by atoms with E-state index in [1.165, 1.54) is 20.9 Å². The van der Waals surface area contributed by atoms with Crippen molar-refractivity contribution < 1.29 is 34.0 Å². The van der Waals surface area contributed by atoms with Crippen LogP contribution in [0.15, 0.2) is 5.28 Å². The average molecular weight is 293 g/mol. The molecular formula is C10H19N3O7. The average Bonchev–Trinajstić information content (AvgIpc) is 2.32. The van der Waals surface area contributed by atoms with E-state index in [9.17, 15) is 14.8 Å². The number of rotatable bonds is 7. The molecule has 0 saturated carbocycles. The van der Waals surface area contributed by atoms with Gasteiger partial charge in [-0.2, -0.15) is 0 Å². The van der Waals surface area contributed by atoms with Crippen molar-refractivity contribution in [2.24, 2.45) is 5.28 Å². The molecule has 10 nitrogen and oxygen atoms in total. The molecule has 0 rings (SSSR count). The first-order valence-electron chi connectivity index (χ1n) is 5.82. The Hall–Kier alpha value is -2.26. The van der Waals surface area contributed by atoms with Crippen molar-refractivity contribution in [2.75, 3.05) is 7.05 Å². The second kappa shape index (κ2) is 8.02. The van der Waals surface area contributed by atoms with E-state index in [2.05, 4.69) is 19.6 Å². The zero-order valence-electron chi connectivity index (χ0n) is 12.0. The summed E-state index contributed by atoms with van der Waals surface area (Å²) in [7, 11) is 1.22. The van der Waals surface area contributed by atoms with E-state index in [1.54, 1.807) is 13.8 Å².